The van der Waals surface area contributed by atoms with Crippen LogP contribution in [0.1, 0.15) is 22.4 Å². The molecule has 2 aromatic heterocycles. The average molecular weight is 524 g/mol. The van der Waals surface area contributed by atoms with E-state index in [0.717, 1.165) is 11.1 Å². The molecule has 0 amide bonds. The Balaban J connectivity index is 1.70. The molecular weight excluding hydrogens is 497 g/mol. The molecule has 0 spiro atoms. The highest BCUT2D eigenvalue weighted by Gasteiger charge is 2.18. The molecule has 186 valence electrons. The lowest BCUT2D eigenvalue weighted by Crippen LogP contribution is -2.31. The molecule has 2 heterocycles. The number of aliphatic hydroxyl groups excluding tert-OH is 1. The second-order valence-electron chi connectivity index (χ2n) is 8.42. The standard InChI is InChI=1S/C27H27Cl2N5O2/c1-33(16-20-8-2-3-9-22(20)28)17-26-21(18-35)25(32-31-24-11-5-4-10-23(24)29)13-27(36)34(26)15-19-7-6-12-30-14-19/h2-14,31-32,35H,15-18H2,1H3. The fourth-order valence-corrected chi connectivity index (χ4v) is 4.36. The van der Waals surface area contributed by atoms with E-state index in [0.29, 0.717) is 52.3 Å². The quantitative estimate of drug-likeness (QED) is 0.249. The number of hydrazine groups is 1. The van der Waals surface area contributed by atoms with Crippen molar-refractivity contribution >= 4 is 34.6 Å². The van der Waals surface area contributed by atoms with E-state index in [2.05, 4.69) is 20.7 Å². The van der Waals surface area contributed by atoms with Crippen LogP contribution in [0.2, 0.25) is 10.0 Å². The normalized spacial score (nSPS) is 11.0. The molecule has 3 N–H and O–H groups in total. The third-order valence-corrected chi connectivity index (χ3v) is 6.48. The zero-order valence-electron chi connectivity index (χ0n) is 19.8. The molecule has 0 aliphatic carbocycles. The molecular formula is C27H27Cl2N5O2. The van der Waals surface area contributed by atoms with Gasteiger partial charge in [0.2, 0.25) is 0 Å². The molecule has 0 unspecified atom stereocenters. The van der Waals surface area contributed by atoms with Crippen molar-refractivity contribution in [2.24, 2.45) is 0 Å². The summed E-state index contributed by atoms with van der Waals surface area (Å²) in [5.41, 5.74) is 10.2. The summed E-state index contributed by atoms with van der Waals surface area (Å²) in [5.74, 6) is 0. The maximum Gasteiger partial charge on any atom is 0.253 e. The Morgan fingerprint density at radius 1 is 0.944 bits per heavy atom. The third kappa shape index (κ3) is 6.25. The Labute approximate surface area is 219 Å². The van der Waals surface area contributed by atoms with Gasteiger partial charge in [0, 0.05) is 47.8 Å². The maximum atomic E-state index is 13.3. The van der Waals surface area contributed by atoms with Gasteiger partial charge in [-0.3, -0.25) is 20.1 Å². The first-order chi connectivity index (χ1) is 17.5. The number of pyridine rings is 2. The minimum atomic E-state index is -0.269. The summed E-state index contributed by atoms with van der Waals surface area (Å²) in [5, 5.41) is 11.6. The number of halogens is 2. The van der Waals surface area contributed by atoms with Crippen molar-refractivity contribution in [3.05, 3.63) is 122 Å². The molecule has 7 nitrogen and oxygen atoms in total. The minimum absolute atomic E-state index is 0.208. The number of para-hydroxylation sites is 1. The largest absolute Gasteiger partial charge is 0.392 e. The van der Waals surface area contributed by atoms with Crippen molar-refractivity contribution < 1.29 is 5.11 Å². The van der Waals surface area contributed by atoms with Crippen molar-refractivity contribution in [1.29, 1.82) is 0 Å². The van der Waals surface area contributed by atoms with Crippen LogP contribution in [0.5, 0.6) is 0 Å². The molecule has 0 saturated carbocycles. The SMILES string of the molecule is CN(Cc1ccccc1Cl)Cc1c(CO)c(NNc2ccccc2Cl)cc(=O)n1Cc1cccnc1. The summed E-state index contributed by atoms with van der Waals surface area (Å²) >= 11 is 12.6. The minimum Gasteiger partial charge on any atom is -0.392 e. The number of nitrogens with one attached hydrogen (secondary N) is 2. The molecule has 0 bridgehead atoms. The Morgan fingerprint density at radius 2 is 1.67 bits per heavy atom. The summed E-state index contributed by atoms with van der Waals surface area (Å²) < 4.78 is 1.67. The lowest BCUT2D eigenvalue weighted by atomic mass is 10.1. The van der Waals surface area contributed by atoms with Crippen LogP contribution in [-0.4, -0.2) is 26.6 Å². The fraction of sp³-hybridized carbons (Fsp3) is 0.185. The molecule has 2 aromatic carbocycles. The Bertz CT molecular complexity index is 1380. The van der Waals surface area contributed by atoms with Crippen molar-refractivity contribution in [3.63, 3.8) is 0 Å². The first-order valence-electron chi connectivity index (χ1n) is 11.4. The van der Waals surface area contributed by atoms with E-state index in [-0.39, 0.29) is 12.2 Å². The van der Waals surface area contributed by atoms with Crippen LogP contribution in [0.3, 0.4) is 0 Å². The second-order valence-corrected chi connectivity index (χ2v) is 9.23. The first kappa shape index (κ1) is 25.7. The number of nitrogens with zero attached hydrogens (tertiary/aromatic N) is 3. The van der Waals surface area contributed by atoms with Crippen LogP contribution in [0.15, 0.2) is 83.9 Å². The van der Waals surface area contributed by atoms with Gasteiger partial charge >= 0.3 is 0 Å². The molecule has 0 saturated heterocycles. The Hall–Kier alpha value is -3.36. The van der Waals surface area contributed by atoms with Crippen molar-refractivity contribution in [3.8, 4) is 0 Å². The van der Waals surface area contributed by atoms with Crippen LogP contribution in [0.4, 0.5) is 11.4 Å². The summed E-state index contributed by atoms with van der Waals surface area (Å²) in [6.07, 6.45) is 3.42. The summed E-state index contributed by atoms with van der Waals surface area (Å²) in [6, 6.07) is 20.1. The molecule has 0 fully saturated rings. The fourth-order valence-electron chi connectivity index (χ4n) is 3.98. The number of aliphatic hydroxyl groups is 1. The van der Waals surface area contributed by atoms with Crippen molar-refractivity contribution in [1.82, 2.24) is 14.5 Å². The van der Waals surface area contributed by atoms with E-state index in [1.54, 1.807) is 23.0 Å². The Kier molecular flexibility index (Phi) is 8.61. The molecule has 4 rings (SSSR count). The number of rotatable bonds is 10. The summed E-state index contributed by atoms with van der Waals surface area (Å²) in [7, 11) is 1.95. The molecule has 0 aliphatic heterocycles. The number of hydrogen-bond acceptors (Lipinski definition) is 6. The molecule has 0 radical (unpaired) electrons. The van der Waals surface area contributed by atoms with Gasteiger partial charge in [-0.2, -0.15) is 0 Å². The van der Waals surface area contributed by atoms with Gasteiger partial charge in [-0.05, 0) is 42.4 Å². The predicted molar refractivity (Wildman–Crippen MR) is 145 cm³/mol. The van der Waals surface area contributed by atoms with Crippen LogP contribution in [-0.2, 0) is 26.2 Å². The zero-order valence-corrected chi connectivity index (χ0v) is 21.3. The molecule has 36 heavy (non-hydrogen) atoms. The van der Waals surface area contributed by atoms with Gasteiger partial charge in [0.05, 0.1) is 29.5 Å². The highest BCUT2D eigenvalue weighted by atomic mass is 35.5. The number of aromatic nitrogens is 2. The number of hydrogen-bond donors (Lipinski definition) is 3. The summed E-state index contributed by atoms with van der Waals surface area (Å²) in [4.78, 5) is 19.6. The average Bonchev–Trinajstić information content (AvgIpc) is 2.88. The third-order valence-electron chi connectivity index (χ3n) is 5.78. The molecule has 9 heteroatoms. The highest BCUT2D eigenvalue weighted by molar-refractivity contribution is 6.33. The van der Waals surface area contributed by atoms with Crippen LogP contribution in [0.25, 0.3) is 0 Å². The monoisotopic (exact) mass is 523 g/mol. The van der Waals surface area contributed by atoms with Gasteiger partial charge in [0.15, 0.2) is 0 Å². The lowest BCUT2D eigenvalue weighted by Gasteiger charge is -2.25. The van der Waals surface area contributed by atoms with E-state index in [4.69, 9.17) is 23.2 Å². The first-order valence-corrected chi connectivity index (χ1v) is 12.2. The Morgan fingerprint density at radius 3 is 2.36 bits per heavy atom. The van der Waals surface area contributed by atoms with E-state index in [1.807, 2.05) is 61.6 Å². The highest BCUT2D eigenvalue weighted by Crippen LogP contribution is 2.25. The van der Waals surface area contributed by atoms with E-state index < -0.39 is 0 Å². The van der Waals surface area contributed by atoms with Crippen LogP contribution < -0.4 is 16.4 Å². The van der Waals surface area contributed by atoms with Crippen LogP contribution >= 0.6 is 23.2 Å². The smallest absolute Gasteiger partial charge is 0.253 e. The van der Waals surface area contributed by atoms with Gasteiger partial charge < -0.3 is 15.1 Å². The van der Waals surface area contributed by atoms with E-state index in [1.165, 1.54) is 6.07 Å². The van der Waals surface area contributed by atoms with Gasteiger partial charge in [0.25, 0.3) is 5.56 Å². The molecule has 0 atom stereocenters. The maximum absolute atomic E-state index is 13.3. The molecule has 4 aromatic rings. The number of benzene rings is 2. The van der Waals surface area contributed by atoms with Crippen molar-refractivity contribution in [2.45, 2.75) is 26.2 Å². The second kappa shape index (κ2) is 12.1. The van der Waals surface area contributed by atoms with Gasteiger partial charge in [-0.25, -0.2) is 0 Å². The lowest BCUT2D eigenvalue weighted by molar-refractivity contribution is 0.269. The predicted octanol–water partition coefficient (Wildman–Crippen LogP) is 5.16. The van der Waals surface area contributed by atoms with Crippen LogP contribution in [0, 0.1) is 0 Å². The van der Waals surface area contributed by atoms with E-state index in [9.17, 15) is 9.90 Å². The summed E-state index contributed by atoms with van der Waals surface area (Å²) in [6.45, 7) is 1.03. The topological polar surface area (TPSA) is 82.4 Å². The van der Waals surface area contributed by atoms with Crippen molar-refractivity contribution in [2.75, 3.05) is 17.9 Å². The van der Waals surface area contributed by atoms with Gasteiger partial charge in [0.1, 0.15) is 0 Å². The van der Waals surface area contributed by atoms with Gasteiger partial charge in [-0.15, -0.1) is 0 Å². The zero-order chi connectivity index (χ0) is 25.5. The number of anilines is 2. The van der Waals surface area contributed by atoms with Gasteiger partial charge in [-0.1, -0.05) is 59.6 Å². The van der Waals surface area contributed by atoms with E-state index >= 15 is 0 Å². The molecule has 0 aliphatic rings.